The van der Waals surface area contributed by atoms with Gasteiger partial charge in [-0.05, 0) is 18.6 Å². The molecular weight excluding hydrogens is 206 g/mol. The molecule has 2 N–H and O–H groups in total. The van der Waals surface area contributed by atoms with Gasteiger partial charge < -0.3 is 15.3 Å². The molecule has 2 amide bonds. The van der Waals surface area contributed by atoms with Gasteiger partial charge in [-0.25, -0.2) is 4.79 Å². The normalized spacial score (nSPS) is 9.88. The van der Waals surface area contributed by atoms with Gasteiger partial charge in [-0.2, -0.15) is 0 Å². The monoisotopic (exact) mass is 223 g/mol. The summed E-state index contributed by atoms with van der Waals surface area (Å²) in [5.41, 5.74) is 0.707. The van der Waals surface area contributed by atoms with E-state index in [2.05, 4.69) is 10.3 Å². The van der Waals surface area contributed by atoms with Gasteiger partial charge in [0.25, 0.3) is 0 Å². The number of aliphatic hydroxyl groups is 1. The Morgan fingerprint density at radius 2 is 2.12 bits per heavy atom. The van der Waals surface area contributed by atoms with E-state index >= 15 is 0 Å². The van der Waals surface area contributed by atoms with Crippen LogP contribution >= 0.6 is 0 Å². The minimum Gasteiger partial charge on any atom is -0.395 e. The van der Waals surface area contributed by atoms with Crippen molar-refractivity contribution < 1.29 is 9.90 Å². The Balaban J connectivity index is 2.55. The molecule has 1 heterocycles. The standard InChI is InChI=1S/C11H17N3O2/c1-2-7-14(8-9-15)11(16)13-10-3-5-12-6-4-10/h3-6,15H,2,7-9H2,1H3,(H,12,13,16). The number of nitrogens with one attached hydrogen (secondary N) is 1. The number of nitrogens with zero attached hydrogens (tertiary/aromatic N) is 2. The van der Waals surface area contributed by atoms with Crippen molar-refractivity contribution >= 4 is 11.7 Å². The summed E-state index contributed by atoms with van der Waals surface area (Å²) in [6, 6.07) is 3.25. The molecule has 1 aromatic heterocycles. The molecule has 88 valence electrons. The molecule has 1 rings (SSSR count). The van der Waals surface area contributed by atoms with Crippen LogP contribution in [0, 0.1) is 0 Å². The van der Waals surface area contributed by atoms with Crippen molar-refractivity contribution in [2.75, 3.05) is 25.0 Å². The minimum absolute atomic E-state index is 0.0240. The molecular formula is C11H17N3O2. The summed E-state index contributed by atoms with van der Waals surface area (Å²) in [5.74, 6) is 0. The highest BCUT2D eigenvalue weighted by molar-refractivity contribution is 5.89. The number of carbonyl (C=O) groups excluding carboxylic acids is 1. The molecule has 1 aromatic rings. The lowest BCUT2D eigenvalue weighted by Gasteiger charge is -2.21. The fourth-order valence-electron chi connectivity index (χ4n) is 1.34. The fraction of sp³-hybridized carbons (Fsp3) is 0.455. The third-order valence-electron chi connectivity index (χ3n) is 2.08. The number of pyridine rings is 1. The lowest BCUT2D eigenvalue weighted by molar-refractivity contribution is 0.188. The number of aromatic nitrogens is 1. The predicted molar refractivity (Wildman–Crippen MR) is 62.2 cm³/mol. The fourth-order valence-corrected chi connectivity index (χ4v) is 1.34. The lowest BCUT2D eigenvalue weighted by Crippen LogP contribution is -2.37. The van der Waals surface area contributed by atoms with Gasteiger partial charge in [-0.3, -0.25) is 4.98 Å². The number of urea groups is 1. The maximum Gasteiger partial charge on any atom is 0.321 e. The quantitative estimate of drug-likeness (QED) is 0.791. The summed E-state index contributed by atoms with van der Waals surface area (Å²) in [5, 5.41) is 11.6. The van der Waals surface area contributed by atoms with Crippen molar-refractivity contribution in [2.24, 2.45) is 0 Å². The van der Waals surface area contributed by atoms with E-state index in [-0.39, 0.29) is 12.6 Å². The minimum atomic E-state index is -0.192. The van der Waals surface area contributed by atoms with E-state index in [9.17, 15) is 4.79 Å². The molecule has 0 aromatic carbocycles. The van der Waals surface area contributed by atoms with Gasteiger partial charge in [0.2, 0.25) is 0 Å². The van der Waals surface area contributed by atoms with Gasteiger partial charge in [0.1, 0.15) is 0 Å². The maximum atomic E-state index is 11.8. The summed E-state index contributed by atoms with van der Waals surface area (Å²) in [6.45, 7) is 2.95. The van der Waals surface area contributed by atoms with E-state index in [1.54, 1.807) is 29.4 Å². The van der Waals surface area contributed by atoms with Crippen molar-refractivity contribution in [1.29, 1.82) is 0 Å². The molecule has 0 atom stereocenters. The summed E-state index contributed by atoms with van der Waals surface area (Å²) < 4.78 is 0. The van der Waals surface area contributed by atoms with Crippen LogP contribution in [0.5, 0.6) is 0 Å². The Kier molecular flexibility index (Phi) is 5.28. The number of amides is 2. The van der Waals surface area contributed by atoms with Gasteiger partial charge in [0.15, 0.2) is 0 Å². The number of carbonyl (C=O) groups is 1. The van der Waals surface area contributed by atoms with E-state index in [1.165, 1.54) is 0 Å². The van der Waals surface area contributed by atoms with E-state index in [0.717, 1.165) is 6.42 Å². The Labute approximate surface area is 95.1 Å². The number of hydrogen-bond donors (Lipinski definition) is 2. The van der Waals surface area contributed by atoms with Crippen molar-refractivity contribution in [3.63, 3.8) is 0 Å². The first-order valence-electron chi connectivity index (χ1n) is 5.34. The van der Waals surface area contributed by atoms with Crippen LogP contribution in [0.3, 0.4) is 0 Å². The highest BCUT2D eigenvalue weighted by atomic mass is 16.3. The number of hydrogen-bond acceptors (Lipinski definition) is 3. The molecule has 0 saturated carbocycles. The first kappa shape index (κ1) is 12.4. The van der Waals surface area contributed by atoms with Gasteiger partial charge in [0.05, 0.1) is 6.61 Å². The molecule has 5 heteroatoms. The number of aliphatic hydroxyl groups excluding tert-OH is 1. The van der Waals surface area contributed by atoms with Gasteiger partial charge in [0, 0.05) is 31.2 Å². The van der Waals surface area contributed by atoms with Crippen LogP contribution in [0.25, 0.3) is 0 Å². The predicted octanol–water partition coefficient (Wildman–Crippen LogP) is 1.32. The molecule has 0 aliphatic carbocycles. The molecule has 0 spiro atoms. The zero-order valence-corrected chi connectivity index (χ0v) is 9.39. The second-order valence-corrected chi connectivity index (χ2v) is 3.38. The second kappa shape index (κ2) is 6.79. The second-order valence-electron chi connectivity index (χ2n) is 3.38. The van der Waals surface area contributed by atoms with Crippen LogP contribution in [0.2, 0.25) is 0 Å². The van der Waals surface area contributed by atoms with Crippen molar-refractivity contribution in [1.82, 2.24) is 9.88 Å². The van der Waals surface area contributed by atoms with Gasteiger partial charge in [-0.1, -0.05) is 6.92 Å². The van der Waals surface area contributed by atoms with Crippen LogP contribution in [-0.2, 0) is 0 Å². The van der Waals surface area contributed by atoms with Crippen LogP contribution < -0.4 is 5.32 Å². The van der Waals surface area contributed by atoms with Crippen LogP contribution in [0.4, 0.5) is 10.5 Å². The van der Waals surface area contributed by atoms with Crippen molar-refractivity contribution in [3.8, 4) is 0 Å². The third kappa shape index (κ3) is 3.86. The molecule has 0 saturated heterocycles. The maximum absolute atomic E-state index is 11.8. The summed E-state index contributed by atoms with van der Waals surface area (Å²) in [7, 11) is 0. The topological polar surface area (TPSA) is 65.5 Å². The molecule has 16 heavy (non-hydrogen) atoms. The van der Waals surface area contributed by atoms with Crippen LogP contribution in [0.15, 0.2) is 24.5 Å². The first-order valence-corrected chi connectivity index (χ1v) is 5.34. The van der Waals surface area contributed by atoms with E-state index in [4.69, 9.17) is 5.11 Å². The van der Waals surface area contributed by atoms with Crippen molar-refractivity contribution in [2.45, 2.75) is 13.3 Å². The Hall–Kier alpha value is -1.62. The number of rotatable bonds is 5. The molecule has 0 fully saturated rings. The Morgan fingerprint density at radius 3 is 2.69 bits per heavy atom. The molecule has 0 unspecified atom stereocenters. The zero-order chi connectivity index (χ0) is 11.8. The molecule has 0 aliphatic rings. The zero-order valence-electron chi connectivity index (χ0n) is 9.39. The smallest absolute Gasteiger partial charge is 0.321 e. The summed E-state index contributed by atoms with van der Waals surface area (Å²) >= 11 is 0. The Morgan fingerprint density at radius 1 is 1.44 bits per heavy atom. The average molecular weight is 223 g/mol. The highest BCUT2D eigenvalue weighted by Crippen LogP contribution is 2.05. The first-order chi connectivity index (χ1) is 7.77. The van der Waals surface area contributed by atoms with E-state index < -0.39 is 0 Å². The Bertz CT molecular complexity index is 310. The lowest BCUT2D eigenvalue weighted by atomic mass is 10.4. The van der Waals surface area contributed by atoms with Crippen LogP contribution in [0.1, 0.15) is 13.3 Å². The molecule has 0 aliphatic heterocycles. The van der Waals surface area contributed by atoms with Crippen LogP contribution in [-0.4, -0.2) is 40.7 Å². The number of anilines is 1. The van der Waals surface area contributed by atoms with Crippen molar-refractivity contribution in [3.05, 3.63) is 24.5 Å². The molecule has 0 bridgehead atoms. The summed E-state index contributed by atoms with van der Waals surface area (Å²) in [4.78, 5) is 17.2. The largest absolute Gasteiger partial charge is 0.395 e. The third-order valence-corrected chi connectivity index (χ3v) is 2.08. The highest BCUT2D eigenvalue weighted by Gasteiger charge is 2.11. The summed E-state index contributed by atoms with van der Waals surface area (Å²) in [6.07, 6.45) is 4.10. The molecule has 0 radical (unpaired) electrons. The van der Waals surface area contributed by atoms with E-state index in [0.29, 0.717) is 18.8 Å². The van der Waals surface area contributed by atoms with E-state index in [1.807, 2.05) is 6.92 Å². The SMILES string of the molecule is CCCN(CCO)C(=O)Nc1ccncc1. The van der Waals surface area contributed by atoms with Gasteiger partial charge >= 0.3 is 6.03 Å². The average Bonchev–Trinajstić information content (AvgIpc) is 2.30. The van der Waals surface area contributed by atoms with Gasteiger partial charge in [-0.15, -0.1) is 0 Å². The molecule has 5 nitrogen and oxygen atoms in total.